The third-order valence-corrected chi connectivity index (χ3v) is 5.01. The molecule has 6 heteroatoms. The number of halogens is 1. The molecule has 0 saturated heterocycles. The van der Waals surface area contributed by atoms with Gasteiger partial charge in [0.05, 0.1) is 5.69 Å². The summed E-state index contributed by atoms with van der Waals surface area (Å²) in [5.74, 6) is 0.182. The topological polar surface area (TPSA) is 72.2 Å². The van der Waals surface area contributed by atoms with Gasteiger partial charge >= 0.3 is 0 Å². The Morgan fingerprint density at radius 3 is 2.25 bits per heavy atom. The monoisotopic (exact) mass is 302 g/mol. The average molecular weight is 302 g/mol. The Morgan fingerprint density at radius 2 is 1.75 bits per heavy atom. The van der Waals surface area contributed by atoms with Crippen LogP contribution in [0.4, 0.5) is 10.1 Å². The lowest BCUT2D eigenvalue weighted by atomic mass is 9.86. The maximum absolute atomic E-state index is 13.3. The van der Waals surface area contributed by atoms with Crippen LogP contribution < -0.4 is 10.5 Å². The summed E-state index contributed by atoms with van der Waals surface area (Å²) in [7, 11) is -3.79. The van der Waals surface area contributed by atoms with Crippen LogP contribution in [0.2, 0.25) is 0 Å². The van der Waals surface area contributed by atoms with E-state index in [0.29, 0.717) is 18.4 Å². The van der Waals surface area contributed by atoms with Crippen molar-refractivity contribution in [3.05, 3.63) is 24.0 Å². The lowest BCUT2D eigenvalue weighted by Crippen LogP contribution is -2.34. The molecule has 0 aliphatic heterocycles. The molecule has 0 saturated carbocycles. The van der Waals surface area contributed by atoms with Crippen LogP contribution in [0, 0.1) is 23.6 Å². The number of hydrogen-bond acceptors (Lipinski definition) is 3. The molecule has 0 atom stereocenters. The van der Waals surface area contributed by atoms with Crippen molar-refractivity contribution in [2.75, 3.05) is 12.3 Å². The van der Waals surface area contributed by atoms with Crippen LogP contribution in [0.1, 0.15) is 27.7 Å². The van der Waals surface area contributed by atoms with Crippen molar-refractivity contribution in [1.82, 2.24) is 4.72 Å². The van der Waals surface area contributed by atoms with Gasteiger partial charge in [0.2, 0.25) is 10.0 Å². The SMILES string of the molecule is CC(C)C(CNS(=O)(=O)c1cccc(F)c1N)C(C)C. The van der Waals surface area contributed by atoms with Gasteiger partial charge in [0.15, 0.2) is 0 Å². The fourth-order valence-electron chi connectivity index (χ4n) is 2.28. The van der Waals surface area contributed by atoms with Crippen molar-refractivity contribution in [1.29, 1.82) is 0 Å². The van der Waals surface area contributed by atoms with Gasteiger partial charge in [0.1, 0.15) is 10.7 Å². The van der Waals surface area contributed by atoms with Gasteiger partial charge in [0, 0.05) is 6.54 Å². The minimum absolute atomic E-state index is 0.205. The Bertz CT molecular complexity index is 548. The summed E-state index contributed by atoms with van der Waals surface area (Å²) in [5.41, 5.74) is 5.16. The predicted molar refractivity (Wildman–Crippen MR) is 79.2 cm³/mol. The summed E-state index contributed by atoms with van der Waals surface area (Å²) in [5, 5.41) is 0. The van der Waals surface area contributed by atoms with Crippen molar-refractivity contribution in [3.8, 4) is 0 Å². The van der Waals surface area contributed by atoms with Crippen molar-refractivity contribution in [2.45, 2.75) is 32.6 Å². The third-order valence-electron chi connectivity index (χ3n) is 3.52. The van der Waals surface area contributed by atoms with Gasteiger partial charge in [-0.1, -0.05) is 33.8 Å². The van der Waals surface area contributed by atoms with Gasteiger partial charge in [-0.25, -0.2) is 17.5 Å². The largest absolute Gasteiger partial charge is 0.395 e. The van der Waals surface area contributed by atoms with E-state index in [-0.39, 0.29) is 16.5 Å². The van der Waals surface area contributed by atoms with E-state index >= 15 is 0 Å². The Morgan fingerprint density at radius 1 is 1.20 bits per heavy atom. The average Bonchev–Trinajstić information content (AvgIpc) is 2.31. The van der Waals surface area contributed by atoms with Crippen LogP contribution in [0.15, 0.2) is 23.1 Å². The lowest BCUT2D eigenvalue weighted by molar-refractivity contribution is 0.289. The number of anilines is 1. The molecular formula is C14H23FN2O2S. The Hall–Kier alpha value is -1.14. The molecule has 0 unspecified atom stereocenters. The van der Waals surface area contributed by atoms with Crippen LogP contribution in [0.3, 0.4) is 0 Å². The van der Waals surface area contributed by atoms with Crippen molar-refractivity contribution in [2.24, 2.45) is 17.8 Å². The highest BCUT2D eigenvalue weighted by molar-refractivity contribution is 7.89. The lowest BCUT2D eigenvalue weighted by Gasteiger charge is -2.25. The smallest absolute Gasteiger partial charge is 0.242 e. The van der Waals surface area contributed by atoms with Gasteiger partial charge < -0.3 is 5.73 Å². The number of benzene rings is 1. The van der Waals surface area contributed by atoms with Crippen LogP contribution in [0.5, 0.6) is 0 Å². The number of nitrogens with two attached hydrogens (primary N) is 1. The fourth-order valence-corrected chi connectivity index (χ4v) is 3.49. The molecule has 0 bridgehead atoms. The highest BCUT2D eigenvalue weighted by Gasteiger charge is 2.23. The molecule has 1 aromatic rings. The van der Waals surface area contributed by atoms with Crippen LogP contribution in [0.25, 0.3) is 0 Å². The van der Waals surface area contributed by atoms with E-state index in [1.807, 2.05) is 0 Å². The number of nitrogen functional groups attached to an aromatic ring is 1. The van der Waals surface area contributed by atoms with Gasteiger partial charge in [0.25, 0.3) is 0 Å². The fraction of sp³-hybridized carbons (Fsp3) is 0.571. The second-order valence-corrected chi connectivity index (χ2v) is 7.39. The molecule has 20 heavy (non-hydrogen) atoms. The summed E-state index contributed by atoms with van der Waals surface area (Å²) < 4.78 is 40.3. The van der Waals surface area contributed by atoms with Crippen LogP contribution in [-0.2, 0) is 10.0 Å². The van der Waals surface area contributed by atoms with E-state index in [9.17, 15) is 12.8 Å². The van der Waals surface area contributed by atoms with Crippen molar-refractivity contribution in [3.63, 3.8) is 0 Å². The normalized spacial score (nSPS) is 12.6. The van der Waals surface area contributed by atoms with Gasteiger partial charge in [-0.2, -0.15) is 0 Å². The summed E-state index contributed by atoms with van der Waals surface area (Å²) in [6.07, 6.45) is 0. The Kier molecular flexibility index (Phi) is 5.53. The van der Waals surface area contributed by atoms with Gasteiger partial charge in [-0.3, -0.25) is 0 Å². The van der Waals surface area contributed by atoms with E-state index in [1.54, 1.807) is 0 Å². The Labute approximate surface area is 120 Å². The van der Waals surface area contributed by atoms with Crippen molar-refractivity contribution >= 4 is 15.7 Å². The highest BCUT2D eigenvalue weighted by atomic mass is 32.2. The maximum Gasteiger partial charge on any atom is 0.242 e. The minimum atomic E-state index is -3.79. The molecule has 1 rings (SSSR count). The van der Waals surface area contributed by atoms with Crippen LogP contribution in [-0.4, -0.2) is 15.0 Å². The predicted octanol–water partition coefficient (Wildman–Crippen LogP) is 2.61. The molecule has 0 heterocycles. The number of nitrogens with one attached hydrogen (secondary N) is 1. The molecule has 0 aliphatic rings. The summed E-state index contributed by atoms with van der Waals surface area (Å²) in [6, 6.07) is 3.78. The van der Waals surface area contributed by atoms with Gasteiger partial charge in [-0.05, 0) is 29.9 Å². The summed E-state index contributed by atoms with van der Waals surface area (Å²) in [4.78, 5) is -0.205. The van der Waals surface area contributed by atoms with Gasteiger partial charge in [-0.15, -0.1) is 0 Å². The zero-order chi connectivity index (χ0) is 15.5. The molecule has 0 fully saturated rings. The minimum Gasteiger partial charge on any atom is -0.395 e. The molecule has 0 aromatic heterocycles. The Balaban J connectivity index is 2.93. The number of para-hydroxylation sites is 1. The van der Waals surface area contributed by atoms with E-state index in [4.69, 9.17) is 5.73 Å². The molecule has 0 aliphatic carbocycles. The highest BCUT2D eigenvalue weighted by Crippen LogP contribution is 2.23. The molecule has 0 amide bonds. The van der Waals surface area contributed by atoms with E-state index in [2.05, 4.69) is 32.4 Å². The quantitative estimate of drug-likeness (QED) is 0.793. The molecule has 1 aromatic carbocycles. The third kappa shape index (κ3) is 3.93. The first-order valence-electron chi connectivity index (χ1n) is 6.70. The maximum atomic E-state index is 13.3. The zero-order valence-corrected chi connectivity index (χ0v) is 13.2. The zero-order valence-electron chi connectivity index (χ0n) is 12.4. The molecule has 4 nitrogen and oxygen atoms in total. The number of hydrogen-bond donors (Lipinski definition) is 2. The molecule has 3 N–H and O–H groups in total. The second kappa shape index (κ2) is 6.54. The molecule has 0 spiro atoms. The van der Waals surface area contributed by atoms with E-state index in [1.165, 1.54) is 12.1 Å². The first kappa shape index (κ1) is 16.9. The second-order valence-electron chi connectivity index (χ2n) is 5.66. The molecule has 114 valence electrons. The molecular weight excluding hydrogens is 279 g/mol. The van der Waals surface area contributed by atoms with Crippen molar-refractivity contribution < 1.29 is 12.8 Å². The van der Waals surface area contributed by atoms with Crippen LogP contribution >= 0.6 is 0 Å². The molecule has 0 radical (unpaired) electrons. The number of rotatable bonds is 6. The summed E-state index contributed by atoms with van der Waals surface area (Å²) >= 11 is 0. The first-order valence-corrected chi connectivity index (χ1v) is 8.18. The number of sulfonamides is 1. The summed E-state index contributed by atoms with van der Waals surface area (Å²) in [6.45, 7) is 8.52. The standard InChI is InChI=1S/C14H23FN2O2S/c1-9(2)11(10(3)4)8-17-20(18,19)13-7-5-6-12(15)14(13)16/h5-7,9-11,17H,8,16H2,1-4H3. The van der Waals surface area contributed by atoms with E-state index < -0.39 is 15.8 Å². The van der Waals surface area contributed by atoms with E-state index in [0.717, 1.165) is 6.07 Å². The first-order chi connectivity index (χ1) is 9.16.